The van der Waals surface area contributed by atoms with Crippen LogP contribution in [0.15, 0.2) is 0 Å². The Bertz CT molecular complexity index is 257. The highest BCUT2D eigenvalue weighted by Gasteiger charge is 2.49. The molecule has 2 fully saturated rings. The van der Waals surface area contributed by atoms with Crippen LogP contribution in [0.1, 0.15) is 13.8 Å². The van der Waals surface area contributed by atoms with Crippen LogP contribution < -0.4 is 10.6 Å². The van der Waals surface area contributed by atoms with Gasteiger partial charge in [-0.2, -0.15) is 0 Å². The maximum Gasteiger partial charge on any atom is 0.323 e. The van der Waals surface area contributed by atoms with E-state index < -0.39 is 0 Å². The molecule has 2 aliphatic rings. The van der Waals surface area contributed by atoms with Crippen LogP contribution in [-0.4, -0.2) is 47.3 Å². The van der Waals surface area contributed by atoms with Crippen molar-refractivity contribution < 1.29 is 9.59 Å². The van der Waals surface area contributed by atoms with E-state index in [9.17, 15) is 9.59 Å². The van der Waals surface area contributed by atoms with E-state index in [1.807, 2.05) is 13.8 Å². The summed E-state index contributed by atoms with van der Waals surface area (Å²) in [4.78, 5) is 26.2. The first kappa shape index (κ1) is 9.11. The molecule has 0 aromatic carbocycles. The van der Waals surface area contributed by atoms with Gasteiger partial charge >= 0.3 is 12.1 Å². The van der Waals surface area contributed by atoms with Crippen LogP contribution in [-0.2, 0) is 0 Å². The van der Waals surface area contributed by atoms with E-state index in [-0.39, 0.29) is 24.4 Å². The standard InChI is InChI=1S/C8H14N4O2/c1-3-11-5-6(10-7(13)9-5)12(4-2)8(11)14/h5-6H,3-4H2,1-2H3,(H2,9,10,13)/t5-,6-/m1/s1. The normalized spacial score (nSPS) is 30.4. The van der Waals surface area contributed by atoms with Gasteiger partial charge in [-0.25, -0.2) is 9.59 Å². The molecular weight excluding hydrogens is 184 g/mol. The zero-order valence-electron chi connectivity index (χ0n) is 8.28. The predicted molar refractivity (Wildman–Crippen MR) is 49.4 cm³/mol. The summed E-state index contributed by atoms with van der Waals surface area (Å²) in [6.45, 7) is 5.02. The maximum atomic E-state index is 11.7. The topological polar surface area (TPSA) is 64.7 Å². The third-order valence-corrected chi connectivity index (χ3v) is 2.70. The minimum Gasteiger partial charge on any atom is -0.314 e. The first-order valence-electron chi connectivity index (χ1n) is 4.83. The number of rotatable bonds is 2. The van der Waals surface area contributed by atoms with E-state index in [0.717, 1.165) is 0 Å². The van der Waals surface area contributed by atoms with Crippen LogP contribution in [0.3, 0.4) is 0 Å². The number of carbonyl (C=O) groups excluding carboxylic acids is 2. The average Bonchev–Trinajstić information content (AvgIpc) is 2.59. The SMILES string of the molecule is CCN1C(=O)N(CC)[C@H]2NC(=O)N[C@@H]21. The number of nitrogens with zero attached hydrogens (tertiary/aromatic N) is 2. The number of nitrogens with one attached hydrogen (secondary N) is 2. The summed E-state index contributed by atoms with van der Waals surface area (Å²) < 4.78 is 0. The second kappa shape index (κ2) is 3.04. The van der Waals surface area contributed by atoms with Crippen molar-refractivity contribution in [2.75, 3.05) is 13.1 Å². The fourth-order valence-electron chi connectivity index (χ4n) is 2.03. The van der Waals surface area contributed by atoms with Gasteiger partial charge in [-0.1, -0.05) is 0 Å². The van der Waals surface area contributed by atoms with Crippen molar-refractivity contribution in [3.8, 4) is 0 Å². The van der Waals surface area contributed by atoms with Crippen LogP contribution >= 0.6 is 0 Å². The van der Waals surface area contributed by atoms with Crippen molar-refractivity contribution in [2.24, 2.45) is 0 Å². The maximum absolute atomic E-state index is 11.7. The minimum atomic E-state index is -0.208. The summed E-state index contributed by atoms with van der Waals surface area (Å²) in [6, 6.07) is -0.220. The van der Waals surface area contributed by atoms with Crippen LogP contribution in [0.5, 0.6) is 0 Å². The van der Waals surface area contributed by atoms with E-state index in [4.69, 9.17) is 0 Å². The quantitative estimate of drug-likeness (QED) is 0.641. The first-order chi connectivity index (χ1) is 6.69. The van der Waals surface area contributed by atoms with Crippen molar-refractivity contribution in [1.82, 2.24) is 20.4 Å². The lowest BCUT2D eigenvalue weighted by atomic mass is 10.4. The Labute approximate surface area is 82.2 Å². The molecule has 0 aliphatic carbocycles. The van der Waals surface area contributed by atoms with Crippen molar-refractivity contribution in [3.63, 3.8) is 0 Å². The molecule has 6 heteroatoms. The molecule has 2 heterocycles. The molecule has 2 N–H and O–H groups in total. The largest absolute Gasteiger partial charge is 0.323 e. The number of fused-ring (bicyclic) bond motifs is 1. The summed E-state index contributed by atoms with van der Waals surface area (Å²) >= 11 is 0. The molecule has 0 bridgehead atoms. The Kier molecular flexibility index (Phi) is 1.98. The summed E-state index contributed by atoms with van der Waals surface area (Å²) in [5.41, 5.74) is 0. The van der Waals surface area contributed by atoms with Gasteiger partial charge in [-0.3, -0.25) is 0 Å². The fraction of sp³-hybridized carbons (Fsp3) is 0.750. The molecule has 0 spiro atoms. The van der Waals surface area contributed by atoms with Gasteiger partial charge in [0.1, 0.15) is 12.3 Å². The molecule has 2 atom stereocenters. The molecule has 0 unspecified atom stereocenters. The zero-order chi connectivity index (χ0) is 10.3. The number of likely N-dealkylation sites (N-methyl/N-ethyl adjacent to an activating group) is 2. The number of hydrogen-bond acceptors (Lipinski definition) is 2. The summed E-state index contributed by atoms with van der Waals surface area (Å²) in [5, 5.41) is 5.45. The van der Waals surface area contributed by atoms with Gasteiger partial charge in [-0.15, -0.1) is 0 Å². The van der Waals surface area contributed by atoms with Crippen LogP contribution in [0.2, 0.25) is 0 Å². The Balaban J connectivity index is 2.24. The zero-order valence-corrected chi connectivity index (χ0v) is 8.28. The number of amides is 4. The van der Waals surface area contributed by atoms with Crippen molar-refractivity contribution >= 4 is 12.1 Å². The number of hydrogen-bond donors (Lipinski definition) is 2. The summed E-state index contributed by atoms with van der Waals surface area (Å²) in [7, 11) is 0. The third kappa shape index (κ3) is 1.03. The van der Waals surface area contributed by atoms with Crippen molar-refractivity contribution in [2.45, 2.75) is 26.2 Å². The Morgan fingerprint density at radius 2 is 1.50 bits per heavy atom. The molecule has 0 saturated carbocycles. The fourth-order valence-corrected chi connectivity index (χ4v) is 2.03. The van der Waals surface area contributed by atoms with Gasteiger partial charge in [0.2, 0.25) is 0 Å². The lowest BCUT2D eigenvalue weighted by molar-refractivity contribution is 0.181. The highest BCUT2D eigenvalue weighted by Crippen LogP contribution is 2.21. The van der Waals surface area contributed by atoms with E-state index >= 15 is 0 Å². The van der Waals surface area contributed by atoms with E-state index in [1.165, 1.54) is 0 Å². The molecule has 2 aliphatic heterocycles. The Morgan fingerprint density at radius 3 is 1.86 bits per heavy atom. The van der Waals surface area contributed by atoms with Crippen LogP contribution in [0.25, 0.3) is 0 Å². The lowest BCUT2D eigenvalue weighted by Gasteiger charge is -2.19. The van der Waals surface area contributed by atoms with E-state index in [2.05, 4.69) is 10.6 Å². The monoisotopic (exact) mass is 198 g/mol. The van der Waals surface area contributed by atoms with Gasteiger partial charge in [0.05, 0.1) is 0 Å². The molecule has 6 nitrogen and oxygen atoms in total. The van der Waals surface area contributed by atoms with Crippen molar-refractivity contribution in [3.05, 3.63) is 0 Å². The number of urea groups is 2. The number of carbonyl (C=O) groups is 2. The highest BCUT2D eigenvalue weighted by atomic mass is 16.2. The molecule has 0 aromatic heterocycles. The van der Waals surface area contributed by atoms with Gasteiger partial charge in [0.25, 0.3) is 0 Å². The second-order valence-corrected chi connectivity index (χ2v) is 3.36. The molecule has 4 amide bonds. The minimum absolute atomic E-state index is 0.0162. The van der Waals surface area contributed by atoms with E-state index in [0.29, 0.717) is 13.1 Å². The first-order valence-corrected chi connectivity index (χ1v) is 4.83. The molecular formula is C8H14N4O2. The Hall–Kier alpha value is -1.46. The second-order valence-electron chi connectivity index (χ2n) is 3.36. The smallest absolute Gasteiger partial charge is 0.314 e. The van der Waals surface area contributed by atoms with Crippen LogP contribution in [0, 0.1) is 0 Å². The van der Waals surface area contributed by atoms with Crippen molar-refractivity contribution in [1.29, 1.82) is 0 Å². The van der Waals surface area contributed by atoms with Crippen LogP contribution in [0.4, 0.5) is 9.59 Å². The van der Waals surface area contributed by atoms with Gasteiger partial charge < -0.3 is 20.4 Å². The highest BCUT2D eigenvalue weighted by molar-refractivity contribution is 5.84. The van der Waals surface area contributed by atoms with Gasteiger partial charge in [0, 0.05) is 13.1 Å². The van der Waals surface area contributed by atoms with E-state index in [1.54, 1.807) is 9.80 Å². The Morgan fingerprint density at radius 1 is 1.07 bits per heavy atom. The van der Waals surface area contributed by atoms with Gasteiger partial charge in [-0.05, 0) is 13.8 Å². The average molecular weight is 198 g/mol. The summed E-state index contributed by atoms with van der Waals surface area (Å²) in [6.07, 6.45) is -0.417. The molecule has 2 saturated heterocycles. The molecule has 14 heavy (non-hydrogen) atoms. The molecule has 2 rings (SSSR count). The molecule has 0 radical (unpaired) electrons. The predicted octanol–water partition coefficient (Wildman–Crippen LogP) is -0.271. The summed E-state index contributed by atoms with van der Waals surface area (Å²) in [5.74, 6) is 0. The lowest BCUT2D eigenvalue weighted by Crippen LogP contribution is -2.43. The van der Waals surface area contributed by atoms with Gasteiger partial charge in [0.15, 0.2) is 0 Å². The third-order valence-electron chi connectivity index (χ3n) is 2.70. The molecule has 0 aromatic rings. The molecule has 78 valence electrons.